The number of amides is 2. The van der Waals surface area contributed by atoms with Gasteiger partial charge >= 0.3 is 6.09 Å². The number of pyridine rings is 1. The number of anilines is 1. The normalized spacial score (nSPS) is 35.8. The first-order chi connectivity index (χ1) is 14.8. The molecule has 5 unspecified atom stereocenters. The Morgan fingerprint density at radius 2 is 2.00 bits per heavy atom. The molecule has 0 spiro atoms. The standard InChI is InChI=1S/C23H32N4O4/c1-26(2)21(28)18-4-3-6-24-20(18)25-17-5-7-27(13-17)22(29)31-19-15-8-14-9-16(19)12-23(30,10-14)11-15/h3-4,6,14-17,19,30H,5,7-13H2,1-2H3,(H,24,25)/t14?,15-,16?,17?,19?,23?/m1/s1. The minimum absolute atomic E-state index is 0.0235. The van der Waals surface area contributed by atoms with Gasteiger partial charge in [-0.15, -0.1) is 0 Å². The van der Waals surface area contributed by atoms with Crippen molar-refractivity contribution >= 4 is 17.8 Å². The third kappa shape index (κ3) is 3.86. The van der Waals surface area contributed by atoms with Gasteiger partial charge in [0, 0.05) is 39.4 Å². The van der Waals surface area contributed by atoms with E-state index in [1.165, 1.54) is 4.90 Å². The number of rotatable bonds is 4. The molecular formula is C23H32N4O4. The van der Waals surface area contributed by atoms with Crippen molar-refractivity contribution in [3.63, 3.8) is 0 Å². The van der Waals surface area contributed by atoms with Crippen LogP contribution in [0.25, 0.3) is 0 Å². The lowest BCUT2D eigenvalue weighted by molar-refractivity contribution is -0.177. The molecule has 1 aromatic rings. The van der Waals surface area contributed by atoms with E-state index in [0.29, 0.717) is 42.2 Å². The van der Waals surface area contributed by atoms with Crippen molar-refractivity contribution in [2.24, 2.45) is 17.8 Å². The summed E-state index contributed by atoms with van der Waals surface area (Å²) in [5, 5.41) is 14.1. The van der Waals surface area contributed by atoms with Crippen LogP contribution in [0.3, 0.4) is 0 Å². The summed E-state index contributed by atoms with van der Waals surface area (Å²) >= 11 is 0. The van der Waals surface area contributed by atoms with Gasteiger partial charge in [-0.05, 0) is 68.4 Å². The van der Waals surface area contributed by atoms with Crippen LogP contribution in [0.15, 0.2) is 18.3 Å². The summed E-state index contributed by atoms with van der Waals surface area (Å²) in [6.45, 7) is 1.15. The highest BCUT2D eigenvalue weighted by molar-refractivity contribution is 5.98. The Bertz CT molecular complexity index is 859. The van der Waals surface area contributed by atoms with Crippen molar-refractivity contribution in [1.82, 2.24) is 14.8 Å². The topological polar surface area (TPSA) is 95.0 Å². The molecule has 4 saturated carbocycles. The summed E-state index contributed by atoms with van der Waals surface area (Å²) in [5.74, 6) is 1.63. The van der Waals surface area contributed by atoms with Gasteiger partial charge in [-0.25, -0.2) is 9.78 Å². The zero-order valence-electron chi connectivity index (χ0n) is 18.3. The van der Waals surface area contributed by atoms with Crippen LogP contribution in [0, 0.1) is 17.8 Å². The third-order valence-corrected chi connectivity index (χ3v) is 7.62. The first-order valence-electron chi connectivity index (χ1n) is 11.4. The number of nitrogens with zero attached hydrogens (tertiary/aromatic N) is 3. The molecular weight excluding hydrogens is 396 g/mol. The van der Waals surface area contributed by atoms with Crippen LogP contribution < -0.4 is 5.32 Å². The van der Waals surface area contributed by atoms with E-state index in [0.717, 1.165) is 38.5 Å². The molecule has 0 radical (unpaired) electrons. The number of carbonyl (C=O) groups is 2. The van der Waals surface area contributed by atoms with Gasteiger partial charge in [-0.2, -0.15) is 0 Å². The number of likely N-dealkylation sites (tertiary alicyclic amines) is 1. The smallest absolute Gasteiger partial charge is 0.410 e. The van der Waals surface area contributed by atoms with Crippen molar-refractivity contribution in [3.05, 3.63) is 23.9 Å². The van der Waals surface area contributed by atoms with E-state index in [1.54, 1.807) is 37.3 Å². The van der Waals surface area contributed by atoms with Crippen molar-refractivity contribution in [3.8, 4) is 0 Å². The second-order valence-electron chi connectivity index (χ2n) is 10.2. The summed E-state index contributed by atoms with van der Waals surface area (Å²) in [6, 6.07) is 3.54. The Hall–Kier alpha value is -2.35. The quantitative estimate of drug-likeness (QED) is 0.764. The van der Waals surface area contributed by atoms with E-state index in [-0.39, 0.29) is 24.1 Å². The SMILES string of the molecule is CN(C)C(=O)c1cccnc1NC1CCN(C(=O)OC2C3CC4C[C@@H]2CC(O)(C4)C3)C1. The average Bonchev–Trinajstić information content (AvgIpc) is 3.18. The van der Waals surface area contributed by atoms with Gasteiger partial charge in [-0.1, -0.05) is 0 Å². The molecule has 1 saturated heterocycles. The number of ether oxygens (including phenoxy) is 1. The zero-order valence-corrected chi connectivity index (χ0v) is 18.3. The molecule has 0 aromatic carbocycles. The largest absolute Gasteiger partial charge is 0.446 e. The van der Waals surface area contributed by atoms with Gasteiger partial charge in [0.25, 0.3) is 5.91 Å². The van der Waals surface area contributed by atoms with Crippen molar-refractivity contribution in [1.29, 1.82) is 0 Å². The van der Waals surface area contributed by atoms with Gasteiger partial charge in [0.2, 0.25) is 0 Å². The summed E-state index contributed by atoms with van der Waals surface area (Å²) in [7, 11) is 3.43. The van der Waals surface area contributed by atoms with E-state index in [1.807, 2.05) is 0 Å². The molecule has 2 heterocycles. The van der Waals surface area contributed by atoms with Gasteiger partial charge in [0.1, 0.15) is 11.9 Å². The third-order valence-electron chi connectivity index (χ3n) is 7.62. The van der Waals surface area contributed by atoms with E-state index in [2.05, 4.69) is 10.3 Å². The molecule has 8 heteroatoms. The predicted molar refractivity (Wildman–Crippen MR) is 115 cm³/mol. The molecule has 168 valence electrons. The molecule has 1 aliphatic heterocycles. The lowest BCUT2D eigenvalue weighted by Crippen LogP contribution is -2.58. The fourth-order valence-corrected chi connectivity index (χ4v) is 6.49. The molecule has 6 rings (SSSR count). The number of aromatic nitrogens is 1. The second kappa shape index (κ2) is 7.65. The van der Waals surface area contributed by atoms with E-state index < -0.39 is 5.60 Å². The lowest BCUT2D eigenvalue weighted by atomic mass is 9.53. The molecule has 1 aromatic heterocycles. The molecule has 6 atom stereocenters. The zero-order chi connectivity index (χ0) is 21.8. The van der Waals surface area contributed by atoms with Crippen LogP contribution in [0.5, 0.6) is 0 Å². The number of hydrogen-bond acceptors (Lipinski definition) is 6. The Morgan fingerprint density at radius 1 is 1.26 bits per heavy atom. The predicted octanol–water partition coefficient (Wildman–Crippen LogP) is 2.35. The van der Waals surface area contributed by atoms with Gasteiger partial charge in [-0.3, -0.25) is 4.79 Å². The molecule has 5 aliphatic rings. The summed E-state index contributed by atoms with van der Waals surface area (Å²) in [4.78, 5) is 33.0. The van der Waals surface area contributed by atoms with Crippen LogP contribution >= 0.6 is 0 Å². The first kappa shape index (κ1) is 20.5. The minimum Gasteiger partial charge on any atom is -0.446 e. The molecule has 2 amide bonds. The van der Waals surface area contributed by atoms with Crippen molar-refractivity contribution in [2.45, 2.75) is 56.3 Å². The molecule has 4 bridgehead atoms. The molecule has 31 heavy (non-hydrogen) atoms. The molecule has 8 nitrogen and oxygen atoms in total. The monoisotopic (exact) mass is 428 g/mol. The highest BCUT2D eigenvalue weighted by atomic mass is 16.6. The van der Waals surface area contributed by atoms with Gasteiger partial charge < -0.3 is 25.0 Å². The van der Waals surface area contributed by atoms with Gasteiger partial charge in [0.05, 0.1) is 11.2 Å². The van der Waals surface area contributed by atoms with Gasteiger partial charge in [0.15, 0.2) is 0 Å². The number of hydrogen-bond donors (Lipinski definition) is 2. The second-order valence-corrected chi connectivity index (χ2v) is 10.2. The maximum Gasteiger partial charge on any atom is 0.410 e. The number of nitrogens with one attached hydrogen (secondary N) is 1. The Labute approximate surface area is 182 Å². The first-order valence-corrected chi connectivity index (χ1v) is 11.4. The fourth-order valence-electron chi connectivity index (χ4n) is 6.49. The minimum atomic E-state index is -0.521. The summed E-state index contributed by atoms with van der Waals surface area (Å²) in [5.41, 5.74) is 0.00645. The Balaban J connectivity index is 1.19. The van der Waals surface area contributed by atoms with Crippen molar-refractivity contribution in [2.75, 3.05) is 32.5 Å². The van der Waals surface area contributed by atoms with Crippen LogP contribution in [0.4, 0.5) is 10.6 Å². The highest BCUT2D eigenvalue weighted by Crippen LogP contribution is 2.56. The maximum atomic E-state index is 12.9. The lowest BCUT2D eigenvalue weighted by Gasteiger charge is -2.57. The summed E-state index contributed by atoms with van der Waals surface area (Å²) in [6.07, 6.45) is 6.74. The molecule has 2 N–H and O–H groups in total. The average molecular weight is 429 g/mol. The summed E-state index contributed by atoms with van der Waals surface area (Å²) < 4.78 is 6.02. The maximum absolute atomic E-state index is 12.9. The van der Waals surface area contributed by atoms with Crippen LogP contribution in [0.1, 0.15) is 48.9 Å². The van der Waals surface area contributed by atoms with E-state index in [9.17, 15) is 14.7 Å². The Morgan fingerprint density at radius 3 is 2.68 bits per heavy atom. The molecule has 4 aliphatic carbocycles. The highest BCUT2D eigenvalue weighted by Gasteiger charge is 2.56. The van der Waals surface area contributed by atoms with Crippen LogP contribution in [-0.4, -0.2) is 76.8 Å². The van der Waals surface area contributed by atoms with Crippen LogP contribution in [0.2, 0.25) is 0 Å². The van der Waals surface area contributed by atoms with Crippen molar-refractivity contribution < 1.29 is 19.4 Å². The number of aliphatic hydroxyl groups is 1. The van der Waals surface area contributed by atoms with Crippen LogP contribution in [-0.2, 0) is 4.74 Å². The van der Waals surface area contributed by atoms with E-state index >= 15 is 0 Å². The van der Waals surface area contributed by atoms with E-state index in [4.69, 9.17) is 4.74 Å². The molecule has 5 fully saturated rings. The fraction of sp³-hybridized carbons (Fsp3) is 0.696. The Kier molecular flexibility index (Phi) is 5.07. The number of carbonyl (C=O) groups excluding carboxylic acids is 2.